The number of thiazole rings is 1. The monoisotopic (exact) mass is 360 g/mol. The summed E-state index contributed by atoms with van der Waals surface area (Å²) < 4.78 is 11.7. The number of hydrogen-bond acceptors (Lipinski definition) is 7. The molecule has 2 aromatic rings. The van der Waals surface area contributed by atoms with Crippen molar-refractivity contribution < 1.29 is 9.47 Å². The van der Waals surface area contributed by atoms with Crippen LogP contribution >= 0.6 is 11.3 Å². The fourth-order valence-electron chi connectivity index (χ4n) is 3.48. The molecule has 2 atom stereocenters. The first kappa shape index (κ1) is 17.0. The number of aromatic nitrogens is 3. The quantitative estimate of drug-likeness (QED) is 0.757. The standard InChI is InChI=1S/C18H24N4O2S/c1-4-15(23-8-1)11-22(12-16-5-2-9-24-16)10-14-13-25-18(21-14)17-19-6-3-7-20-17/h3,6-7,13,15-16H,1-2,4-5,8-12H2. The Kier molecular flexibility index (Phi) is 5.66. The lowest BCUT2D eigenvalue weighted by Gasteiger charge is -2.26. The highest BCUT2D eigenvalue weighted by atomic mass is 32.1. The van der Waals surface area contributed by atoms with Gasteiger partial charge in [-0.2, -0.15) is 0 Å². The molecule has 134 valence electrons. The van der Waals surface area contributed by atoms with Crippen LogP contribution in [0.25, 0.3) is 10.8 Å². The molecule has 2 aliphatic rings. The van der Waals surface area contributed by atoms with Crippen LogP contribution in [0.3, 0.4) is 0 Å². The number of rotatable bonds is 7. The van der Waals surface area contributed by atoms with Crippen LogP contribution in [-0.2, 0) is 16.0 Å². The van der Waals surface area contributed by atoms with Crippen molar-refractivity contribution in [2.45, 2.75) is 44.4 Å². The summed E-state index contributed by atoms with van der Waals surface area (Å²) in [6.45, 7) is 4.52. The van der Waals surface area contributed by atoms with Crippen LogP contribution in [0.5, 0.6) is 0 Å². The van der Waals surface area contributed by atoms with Crippen molar-refractivity contribution in [3.05, 3.63) is 29.5 Å². The van der Waals surface area contributed by atoms with Gasteiger partial charge in [0.05, 0.1) is 17.9 Å². The topological polar surface area (TPSA) is 60.4 Å². The van der Waals surface area contributed by atoms with E-state index in [0.717, 1.165) is 56.4 Å². The van der Waals surface area contributed by atoms with E-state index >= 15 is 0 Å². The van der Waals surface area contributed by atoms with Crippen molar-refractivity contribution in [1.29, 1.82) is 0 Å². The average Bonchev–Trinajstić information content (AvgIpc) is 3.38. The van der Waals surface area contributed by atoms with E-state index in [2.05, 4.69) is 20.2 Å². The molecule has 2 saturated heterocycles. The Labute approximate surface area is 152 Å². The smallest absolute Gasteiger partial charge is 0.188 e. The van der Waals surface area contributed by atoms with E-state index in [-0.39, 0.29) is 0 Å². The number of nitrogens with zero attached hydrogens (tertiary/aromatic N) is 4. The summed E-state index contributed by atoms with van der Waals surface area (Å²) in [5.41, 5.74) is 1.07. The van der Waals surface area contributed by atoms with Gasteiger partial charge in [0.15, 0.2) is 10.8 Å². The first-order chi connectivity index (χ1) is 12.4. The zero-order valence-electron chi connectivity index (χ0n) is 14.3. The van der Waals surface area contributed by atoms with E-state index in [1.54, 1.807) is 23.7 Å². The van der Waals surface area contributed by atoms with Crippen molar-refractivity contribution >= 4 is 11.3 Å². The maximum atomic E-state index is 5.84. The van der Waals surface area contributed by atoms with Crippen LogP contribution in [0.15, 0.2) is 23.8 Å². The molecule has 4 heterocycles. The van der Waals surface area contributed by atoms with Gasteiger partial charge in [-0.15, -0.1) is 11.3 Å². The molecule has 0 bridgehead atoms. The van der Waals surface area contributed by atoms with Crippen molar-refractivity contribution in [3.63, 3.8) is 0 Å². The van der Waals surface area contributed by atoms with Gasteiger partial charge in [-0.3, -0.25) is 4.90 Å². The first-order valence-corrected chi connectivity index (χ1v) is 9.92. The van der Waals surface area contributed by atoms with E-state index in [9.17, 15) is 0 Å². The maximum absolute atomic E-state index is 5.84. The number of hydrogen-bond donors (Lipinski definition) is 0. The van der Waals surface area contributed by atoms with Gasteiger partial charge < -0.3 is 9.47 Å². The summed E-state index contributed by atoms with van der Waals surface area (Å²) in [6.07, 6.45) is 8.85. The predicted molar refractivity (Wildman–Crippen MR) is 96.4 cm³/mol. The SMILES string of the molecule is c1cnc(-c2nc(CN(CC3CCCO3)CC3CCCO3)cs2)nc1. The lowest BCUT2D eigenvalue weighted by atomic mass is 10.2. The maximum Gasteiger partial charge on any atom is 0.188 e. The second-order valence-electron chi connectivity index (χ2n) is 6.68. The summed E-state index contributed by atoms with van der Waals surface area (Å²) in [4.78, 5) is 15.8. The number of ether oxygens (including phenoxy) is 2. The van der Waals surface area contributed by atoms with E-state index in [1.165, 1.54) is 12.8 Å². The molecular weight excluding hydrogens is 336 g/mol. The third kappa shape index (κ3) is 4.61. The summed E-state index contributed by atoms with van der Waals surface area (Å²) in [5, 5.41) is 2.99. The van der Waals surface area contributed by atoms with Crippen LogP contribution in [0.2, 0.25) is 0 Å². The molecule has 2 aromatic heterocycles. The molecule has 0 radical (unpaired) electrons. The minimum Gasteiger partial charge on any atom is -0.377 e. The fraction of sp³-hybridized carbons (Fsp3) is 0.611. The summed E-state index contributed by atoms with van der Waals surface area (Å²) >= 11 is 1.60. The molecule has 7 heteroatoms. The van der Waals surface area contributed by atoms with Gasteiger partial charge in [0.25, 0.3) is 0 Å². The van der Waals surface area contributed by atoms with Crippen molar-refractivity contribution in [1.82, 2.24) is 19.9 Å². The fourth-order valence-corrected chi connectivity index (χ4v) is 4.23. The molecule has 2 unspecified atom stereocenters. The summed E-state index contributed by atoms with van der Waals surface area (Å²) in [5.74, 6) is 0.698. The van der Waals surface area contributed by atoms with Gasteiger partial charge in [0, 0.05) is 50.6 Å². The minimum absolute atomic E-state index is 0.344. The molecule has 2 aliphatic heterocycles. The van der Waals surface area contributed by atoms with Crippen LogP contribution in [0.1, 0.15) is 31.4 Å². The highest BCUT2D eigenvalue weighted by Gasteiger charge is 2.24. The van der Waals surface area contributed by atoms with E-state index < -0.39 is 0 Å². The molecule has 6 nitrogen and oxygen atoms in total. The Bertz CT molecular complexity index is 636. The molecule has 0 N–H and O–H groups in total. The molecule has 0 spiro atoms. The average molecular weight is 360 g/mol. The minimum atomic E-state index is 0.344. The molecular formula is C18H24N4O2S. The zero-order chi connectivity index (χ0) is 16.9. The molecule has 0 aromatic carbocycles. The predicted octanol–water partition coefficient (Wildman–Crippen LogP) is 2.76. The highest BCUT2D eigenvalue weighted by molar-refractivity contribution is 7.13. The Morgan fingerprint density at radius 1 is 1.04 bits per heavy atom. The van der Waals surface area contributed by atoms with Gasteiger partial charge in [-0.05, 0) is 31.7 Å². The second-order valence-corrected chi connectivity index (χ2v) is 7.54. The van der Waals surface area contributed by atoms with Gasteiger partial charge in [0.1, 0.15) is 0 Å². The van der Waals surface area contributed by atoms with Crippen molar-refractivity contribution in [2.24, 2.45) is 0 Å². The third-order valence-corrected chi connectivity index (χ3v) is 5.55. The zero-order valence-corrected chi connectivity index (χ0v) is 15.2. The van der Waals surface area contributed by atoms with Gasteiger partial charge in [0.2, 0.25) is 0 Å². The van der Waals surface area contributed by atoms with Gasteiger partial charge in [-0.25, -0.2) is 15.0 Å². The molecule has 4 rings (SSSR count). The largest absolute Gasteiger partial charge is 0.377 e. The lowest BCUT2D eigenvalue weighted by molar-refractivity contribution is 0.0342. The molecule has 25 heavy (non-hydrogen) atoms. The van der Waals surface area contributed by atoms with E-state index in [0.29, 0.717) is 18.0 Å². The Balaban J connectivity index is 1.42. The normalized spacial score (nSPS) is 23.6. The van der Waals surface area contributed by atoms with Crippen LogP contribution in [0, 0.1) is 0 Å². The van der Waals surface area contributed by atoms with E-state index in [4.69, 9.17) is 14.5 Å². The van der Waals surface area contributed by atoms with Crippen LogP contribution in [-0.4, -0.2) is 58.4 Å². The molecule has 2 fully saturated rings. The highest BCUT2D eigenvalue weighted by Crippen LogP contribution is 2.22. The summed E-state index contributed by atoms with van der Waals surface area (Å²) in [7, 11) is 0. The van der Waals surface area contributed by atoms with Crippen molar-refractivity contribution in [3.8, 4) is 10.8 Å². The Hall–Kier alpha value is -1.41. The third-order valence-electron chi connectivity index (χ3n) is 4.67. The van der Waals surface area contributed by atoms with E-state index in [1.807, 2.05) is 6.07 Å². The van der Waals surface area contributed by atoms with Crippen LogP contribution < -0.4 is 0 Å². The van der Waals surface area contributed by atoms with Crippen LogP contribution in [0.4, 0.5) is 0 Å². The van der Waals surface area contributed by atoms with Crippen molar-refractivity contribution in [2.75, 3.05) is 26.3 Å². The molecule has 0 saturated carbocycles. The summed E-state index contributed by atoms with van der Waals surface area (Å²) in [6, 6.07) is 1.82. The lowest BCUT2D eigenvalue weighted by Crippen LogP contribution is -2.37. The first-order valence-electron chi connectivity index (χ1n) is 9.04. The molecule has 0 aliphatic carbocycles. The van der Waals surface area contributed by atoms with Gasteiger partial charge >= 0.3 is 0 Å². The second kappa shape index (κ2) is 8.31. The molecule has 0 amide bonds. The Morgan fingerprint density at radius 3 is 2.32 bits per heavy atom. The van der Waals surface area contributed by atoms with Gasteiger partial charge in [-0.1, -0.05) is 0 Å². The Morgan fingerprint density at radius 2 is 1.72 bits per heavy atom.